The van der Waals surface area contributed by atoms with Crippen LogP contribution in [-0.4, -0.2) is 61.9 Å². The van der Waals surface area contributed by atoms with Crippen LogP contribution in [0.1, 0.15) is 29.8 Å². The largest absolute Gasteiger partial charge is 0.491 e. The zero-order valence-corrected chi connectivity index (χ0v) is 20.0. The molecule has 0 bridgehead atoms. The summed E-state index contributed by atoms with van der Waals surface area (Å²) in [7, 11) is 0. The van der Waals surface area contributed by atoms with Gasteiger partial charge in [-0.1, -0.05) is 23.7 Å². The average molecular weight is 496 g/mol. The summed E-state index contributed by atoms with van der Waals surface area (Å²) in [6.45, 7) is 2.99. The lowest BCUT2D eigenvalue weighted by Crippen LogP contribution is -2.40. The lowest BCUT2D eigenvalue weighted by atomic mass is 9.92. The topological polar surface area (TPSA) is 106 Å². The van der Waals surface area contributed by atoms with E-state index in [4.69, 9.17) is 21.1 Å². The van der Waals surface area contributed by atoms with Gasteiger partial charge in [-0.3, -0.25) is 4.90 Å². The Morgan fingerprint density at radius 1 is 1.23 bits per heavy atom. The van der Waals surface area contributed by atoms with Gasteiger partial charge < -0.3 is 19.6 Å². The minimum Gasteiger partial charge on any atom is -0.491 e. The van der Waals surface area contributed by atoms with Gasteiger partial charge in [-0.05, 0) is 54.8 Å². The normalized spacial score (nSPS) is 16.2. The minimum absolute atomic E-state index is 0.103. The Bertz CT molecular complexity index is 1310. The molecule has 182 valence electrons. The number of rotatable bonds is 7. The number of nitrogens with zero attached hydrogens (tertiary/aromatic N) is 4. The van der Waals surface area contributed by atoms with Gasteiger partial charge in [0.2, 0.25) is 0 Å². The van der Waals surface area contributed by atoms with Crippen LogP contribution >= 0.6 is 11.6 Å². The van der Waals surface area contributed by atoms with E-state index >= 15 is 0 Å². The number of halogens is 1. The van der Waals surface area contributed by atoms with Crippen LogP contribution in [0.25, 0.3) is 10.9 Å². The van der Waals surface area contributed by atoms with E-state index in [0.29, 0.717) is 30.3 Å². The summed E-state index contributed by atoms with van der Waals surface area (Å²) in [4.78, 5) is 19.5. The Balaban J connectivity index is 1.39. The van der Waals surface area contributed by atoms with Gasteiger partial charge in [0.15, 0.2) is 0 Å². The molecule has 10 heteroatoms. The monoisotopic (exact) mass is 495 g/mol. The Hall–Kier alpha value is -3.56. The van der Waals surface area contributed by atoms with Gasteiger partial charge in [0.05, 0.1) is 25.5 Å². The van der Waals surface area contributed by atoms with Crippen LogP contribution in [0.5, 0.6) is 5.75 Å². The van der Waals surface area contributed by atoms with E-state index in [0.717, 1.165) is 27.7 Å². The predicted molar refractivity (Wildman–Crippen MR) is 131 cm³/mol. The summed E-state index contributed by atoms with van der Waals surface area (Å²) in [5, 5.41) is 19.9. The number of aliphatic hydroxyl groups excluding tert-OH is 1. The molecule has 2 atom stereocenters. The Morgan fingerprint density at radius 3 is 2.74 bits per heavy atom. The fourth-order valence-electron chi connectivity index (χ4n) is 4.53. The maximum atomic E-state index is 12.8. The maximum Gasteiger partial charge on any atom is 0.410 e. The predicted octanol–water partition coefficient (Wildman–Crippen LogP) is 3.96. The lowest BCUT2D eigenvalue weighted by Gasteiger charge is -2.35. The van der Waals surface area contributed by atoms with Gasteiger partial charge in [0.1, 0.15) is 24.5 Å². The Kier molecular flexibility index (Phi) is 6.61. The Labute approximate surface area is 207 Å². The van der Waals surface area contributed by atoms with E-state index in [1.165, 1.54) is 4.80 Å². The number of benzene rings is 2. The van der Waals surface area contributed by atoms with E-state index < -0.39 is 6.10 Å². The molecule has 4 aromatic rings. The summed E-state index contributed by atoms with van der Waals surface area (Å²) >= 11 is 6.26. The van der Waals surface area contributed by atoms with Crippen molar-refractivity contribution >= 4 is 28.6 Å². The third kappa shape index (κ3) is 4.82. The van der Waals surface area contributed by atoms with Gasteiger partial charge in [-0.15, -0.1) is 0 Å². The molecule has 1 aliphatic heterocycles. The van der Waals surface area contributed by atoms with Crippen molar-refractivity contribution in [3.8, 4) is 5.75 Å². The summed E-state index contributed by atoms with van der Waals surface area (Å²) in [5.74, 6) is 0.614. The van der Waals surface area contributed by atoms with E-state index in [-0.39, 0.29) is 25.3 Å². The van der Waals surface area contributed by atoms with Crippen molar-refractivity contribution < 1.29 is 19.4 Å². The van der Waals surface area contributed by atoms with E-state index in [9.17, 15) is 9.90 Å². The first-order chi connectivity index (χ1) is 17.0. The molecule has 5 rings (SSSR count). The highest BCUT2D eigenvalue weighted by molar-refractivity contribution is 6.31. The number of aromatic amines is 1. The minimum atomic E-state index is -0.750. The first-order valence-corrected chi connectivity index (χ1v) is 11.9. The number of H-pyrrole nitrogens is 1. The molecule has 0 saturated heterocycles. The van der Waals surface area contributed by atoms with Gasteiger partial charge in [0, 0.05) is 28.2 Å². The highest BCUT2D eigenvalue weighted by atomic mass is 35.5. The number of carbonyl (C=O) groups excluding carboxylic acids is 1. The second-order valence-corrected chi connectivity index (χ2v) is 8.81. The lowest BCUT2D eigenvalue weighted by molar-refractivity contribution is 0.0852. The van der Waals surface area contributed by atoms with E-state index in [2.05, 4.69) is 15.2 Å². The third-order valence-electron chi connectivity index (χ3n) is 6.07. The van der Waals surface area contributed by atoms with Crippen LogP contribution < -0.4 is 4.74 Å². The summed E-state index contributed by atoms with van der Waals surface area (Å²) in [5.41, 5.74) is 4.02. The van der Waals surface area contributed by atoms with Crippen molar-refractivity contribution in [3.63, 3.8) is 0 Å². The van der Waals surface area contributed by atoms with Crippen LogP contribution in [0.4, 0.5) is 4.79 Å². The highest BCUT2D eigenvalue weighted by Gasteiger charge is 2.35. The molecule has 2 unspecified atom stereocenters. The molecule has 1 amide bonds. The molecule has 9 nitrogen and oxygen atoms in total. The summed E-state index contributed by atoms with van der Waals surface area (Å²) in [6.07, 6.45) is 2.72. The molecule has 0 spiro atoms. The first-order valence-electron chi connectivity index (χ1n) is 11.5. The molecule has 1 aliphatic rings. The number of fused-ring (bicyclic) bond motifs is 3. The van der Waals surface area contributed by atoms with Crippen LogP contribution in [0.15, 0.2) is 54.9 Å². The summed E-state index contributed by atoms with van der Waals surface area (Å²) < 4.78 is 11.1. The zero-order chi connectivity index (χ0) is 24.4. The van der Waals surface area contributed by atoms with Crippen molar-refractivity contribution in [2.75, 3.05) is 19.8 Å². The number of ether oxygens (including phenoxy) is 2. The fourth-order valence-corrected chi connectivity index (χ4v) is 4.70. The van der Waals surface area contributed by atoms with Crippen LogP contribution in [0.3, 0.4) is 0 Å². The fraction of sp³-hybridized carbons (Fsp3) is 0.320. The molecular weight excluding hydrogens is 470 g/mol. The standard InChI is InChI=1S/C25H26ClN5O4/c1-2-34-25(33)30-12-9-20-21-13-17(26)5-8-22(21)29-23(20)24(30)16-3-6-19(7-4-16)35-15-18(32)14-31-27-10-11-28-31/h3-8,10-11,13,18,24,29,32H,2,9,12,14-15H2,1H3. The molecule has 3 heterocycles. The number of hydrogen-bond acceptors (Lipinski definition) is 6. The van der Waals surface area contributed by atoms with Crippen LogP contribution in [0.2, 0.25) is 5.02 Å². The average Bonchev–Trinajstić information content (AvgIpc) is 3.50. The van der Waals surface area contributed by atoms with Crippen molar-refractivity contribution in [1.29, 1.82) is 0 Å². The number of carbonyl (C=O) groups is 1. The quantitative estimate of drug-likeness (QED) is 0.402. The smallest absolute Gasteiger partial charge is 0.410 e. The number of hydrogen-bond donors (Lipinski definition) is 2. The molecule has 0 radical (unpaired) electrons. The highest BCUT2D eigenvalue weighted by Crippen LogP contribution is 2.39. The SMILES string of the molecule is CCOC(=O)N1CCc2c([nH]c3ccc(Cl)cc23)C1c1ccc(OCC(O)Cn2nccn2)cc1. The number of aromatic nitrogens is 4. The number of amides is 1. The second kappa shape index (κ2) is 9.97. The maximum absolute atomic E-state index is 12.8. The van der Waals surface area contributed by atoms with Gasteiger partial charge in [-0.2, -0.15) is 15.0 Å². The first kappa shape index (κ1) is 23.2. The van der Waals surface area contributed by atoms with Gasteiger partial charge >= 0.3 is 6.09 Å². The molecule has 2 aromatic carbocycles. The van der Waals surface area contributed by atoms with Crippen LogP contribution in [-0.2, 0) is 17.7 Å². The molecule has 0 saturated carbocycles. The zero-order valence-electron chi connectivity index (χ0n) is 19.2. The molecular formula is C25H26ClN5O4. The molecule has 2 N–H and O–H groups in total. The van der Waals surface area contributed by atoms with E-state index in [1.54, 1.807) is 24.2 Å². The molecule has 0 aliphatic carbocycles. The van der Waals surface area contributed by atoms with Crippen LogP contribution in [0, 0.1) is 0 Å². The molecule has 35 heavy (non-hydrogen) atoms. The number of nitrogens with one attached hydrogen (secondary N) is 1. The van der Waals surface area contributed by atoms with Crippen molar-refractivity contribution in [1.82, 2.24) is 24.9 Å². The van der Waals surface area contributed by atoms with Gasteiger partial charge in [0.25, 0.3) is 0 Å². The molecule has 0 fully saturated rings. The number of aliphatic hydroxyl groups is 1. The van der Waals surface area contributed by atoms with Gasteiger partial charge in [-0.25, -0.2) is 4.79 Å². The van der Waals surface area contributed by atoms with Crippen molar-refractivity contribution in [2.24, 2.45) is 0 Å². The van der Waals surface area contributed by atoms with Crippen molar-refractivity contribution in [3.05, 3.63) is 76.7 Å². The Morgan fingerprint density at radius 2 is 2.00 bits per heavy atom. The van der Waals surface area contributed by atoms with E-state index in [1.807, 2.05) is 42.5 Å². The van der Waals surface area contributed by atoms with Crippen molar-refractivity contribution in [2.45, 2.75) is 32.0 Å². The molecule has 2 aromatic heterocycles. The second-order valence-electron chi connectivity index (χ2n) is 8.37. The summed E-state index contributed by atoms with van der Waals surface area (Å²) in [6, 6.07) is 13.0. The third-order valence-corrected chi connectivity index (χ3v) is 6.31.